The summed E-state index contributed by atoms with van der Waals surface area (Å²) >= 11 is 6.46. The zero-order valence-corrected chi connectivity index (χ0v) is 19.5. The van der Waals surface area contributed by atoms with Gasteiger partial charge in [-0.3, -0.25) is 15.0 Å². The molecule has 1 fully saturated rings. The molecule has 170 valence electrons. The third kappa shape index (κ3) is 5.30. The van der Waals surface area contributed by atoms with Gasteiger partial charge in [-0.2, -0.15) is 0 Å². The number of amides is 2. The third-order valence-corrected chi connectivity index (χ3v) is 5.81. The minimum Gasteiger partial charge on any atom is -0.444 e. The minimum absolute atomic E-state index is 0.00556. The van der Waals surface area contributed by atoms with Crippen LogP contribution in [0.5, 0.6) is 0 Å². The Kier molecular flexibility index (Phi) is 6.53. The van der Waals surface area contributed by atoms with E-state index in [9.17, 15) is 9.59 Å². The molecule has 8 nitrogen and oxygen atoms in total. The molecule has 3 rings (SSSR count). The van der Waals surface area contributed by atoms with E-state index in [-0.39, 0.29) is 30.4 Å². The average molecular weight is 451 g/mol. The number of nitrogens with zero attached hydrogens (tertiary/aromatic N) is 2. The Morgan fingerprint density at radius 2 is 2.13 bits per heavy atom. The number of carbonyl (C=O) groups excluding carboxylic acids is 2. The van der Waals surface area contributed by atoms with Crippen molar-refractivity contribution in [3.63, 3.8) is 0 Å². The first kappa shape index (κ1) is 23.3. The van der Waals surface area contributed by atoms with Gasteiger partial charge in [0.25, 0.3) is 0 Å². The molecule has 0 radical (unpaired) electrons. The molecule has 0 saturated carbocycles. The number of alkyl carbamates (subject to hydrolysis) is 1. The van der Waals surface area contributed by atoms with E-state index in [1.165, 1.54) is 0 Å². The molecule has 1 saturated heterocycles. The van der Waals surface area contributed by atoms with Crippen LogP contribution in [-0.2, 0) is 19.8 Å². The number of halogens is 1. The molecule has 2 heterocycles. The van der Waals surface area contributed by atoms with Crippen molar-refractivity contribution in [2.24, 2.45) is 4.99 Å². The number of carbonyl (C=O) groups is 2. The summed E-state index contributed by atoms with van der Waals surface area (Å²) in [7, 11) is 0. The highest BCUT2D eigenvalue weighted by molar-refractivity contribution is 6.34. The van der Waals surface area contributed by atoms with E-state index < -0.39 is 17.2 Å². The molecule has 31 heavy (non-hydrogen) atoms. The summed E-state index contributed by atoms with van der Waals surface area (Å²) in [6, 6.07) is 5.13. The molecule has 1 aromatic rings. The topological polar surface area (TPSA) is 106 Å². The number of benzene rings is 1. The van der Waals surface area contributed by atoms with Gasteiger partial charge >= 0.3 is 6.09 Å². The lowest BCUT2D eigenvalue weighted by atomic mass is 9.86. The summed E-state index contributed by atoms with van der Waals surface area (Å²) in [6.07, 6.45) is 0.733. The highest BCUT2D eigenvalue weighted by atomic mass is 35.5. The van der Waals surface area contributed by atoms with E-state index in [0.717, 1.165) is 0 Å². The van der Waals surface area contributed by atoms with Gasteiger partial charge in [0.05, 0.1) is 28.8 Å². The second kappa shape index (κ2) is 8.67. The number of anilines is 1. The van der Waals surface area contributed by atoms with Crippen LogP contribution in [0, 0.1) is 0 Å². The number of rotatable bonds is 2. The molecular weight excluding hydrogens is 420 g/mol. The van der Waals surface area contributed by atoms with E-state index in [2.05, 4.69) is 5.32 Å². The molecule has 1 unspecified atom stereocenters. The van der Waals surface area contributed by atoms with Crippen molar-refractivity contribution in [3.05, 3.63) is 28.8 Å². The van der Waals surface area contributed by atoms with Crippen molar-refractivity contribution < 1.29 is 19.1 Å². The molecule has 2 aliphatic rings. The third-order valence-electron chi connectivity index (χ3n) is 5.39. The molecule has 1 aromatic carbocycles. The van der Waals surface area contributed by atoms with Gasteiger partial charge in [-0.1, -0.05) is 23.7 Å². The first-order valence-electron chi connectivity index (χ1n) is 10.5. The van der Waals surface area contributed by atoms with E-state index >= 15 is 0 Å². The van der Waals surface area contributed by atoms with Crippen molar-refractivity contribution in [1.82, 2.24) is 10.2 Å². The van der Waals surface area contributed by atoms with Crippen molar-refractivity contribution >= 4 is 35.2 Å². The number of hydrogen-bond donors (Lipinski definition) is 2. The number of aliphatic imine (C=N–C) groups is 1. The lowest BCUT2D eigenvalue weighted by Crippen LogP contribution is -2.58. The van der Waals surface area contributed by atoms with Crippen molar-refractivity contribution in [1.29, 1.82) is 0 Å². The van der Waals surface area contributed by atoms with Gasteiger partial charge in [-0.05, 0) is 53.5 Å². The first-order chi connectivity index (χ1) is 14.4. The molecule has 3 atom stereocenters. The van der Waals surface area contributed by atoms with Gasteiger partial charge in [0.2, 0.25) is 11.9 Å². The quantitative estimate of drug-likeness (QED) is 0.666. The van der Waals surface area contributed by atoms with Crippen molar-refractivity contribution in [2.45, 2.75) is 77.2 Å². The Bertz CT molecular complexity index is 898. The van der Waals surface area contributed by atoms with E-state index in [0.29, 0.717) is 35.7 Å². The number of hydrogen-bond acceptors (Lipinski definition) is 6. The van der Waals surface area contributed by atoms with E-state index in [1.54, 1.807) is 43.9 Å². The number of nitrogen functional groups attached to an aromatic ring is 1. The Labute approximate surface area is 188 Å². The van der Waals surface area contributed by atoms with Gasteiger partial charge < -0.3 is 15.2 Å². The molecule has 0 aliphatic carbocycles. The fourth-order valence-electron chi connectivity index (χ4n) is 4.01. The standard InChI is InChI=1S/C22H31ClN4O4/c1-13-11-14(9-10-30-13)27-17(28)12-22(5,15-7-6-8-16(24)18(15)23)26-19(27)25-20(29)31-21(2,3)4/h6-8,13-14H,9-12,24H2,1-5H3,(H,25,26,29)/t13-,14?,22+/m1/s1. The summed E-state index contributed by atoms with van der Waals surface area (Å²) in [4.78, 5) is 32.4. The summed E-state index contributed by atoms with van der Waals surface area (Å²) in [5, 5.41) is 3.06. The zero-order valence-electron chi connectivity index (χ0n) is 18.7. The van der Waals surface area contributed by atoms with Gasteiger partial charge in [0.1, 0.15) is 5.60 Å². The normalized spacial score (nSPS) is 27.0. The highest BCUT2D eigenvalue weighted by Gasteiger charge is 2.43. The zero-order chi connectivity index (χ0) is 23.0. The fourth-order valence-corrected chi connectivity index (χ4v) is 4.34. The Morgan fingerprint density at radius 3 is 2.77 bits per heavy atom. The van der Waals surface area contributed by atoms with Crippen LogP contribution in [0.15, 0.2) is 23.2 Å². The summed E-state index contributed by atoms with van der Waals surface area (Å²) in [5.41, 5.74) is 5.35. The molecule has 2 aliphatic heterocycles. The SMILES string of the molecule is C[C@@H]1CC(N2C(=O)C[C@@](C)(c3cccc(N)c3Cl)N=C2NC(=O)OC(C)(C)C)CCO1. The smallest absolute Gasteiger partial charge is 0.414 e. The second-order valence-electron chi connectivity index (χ2n) is 9.35. The molecule has 9 heteroatoms. The van der Waals surface area contributed by atoms with Gasteiger partial charge in [-0.15, -0.1) is 0 Å². The minimum atomic E-state index is -0.985. The highest BCUT2D eigenvalue weighted by Crippen LogP contribution is 2.40. The second-order valence-corrected chi connectivity index (χ2v) is 9.72. The Balaban J connectivity index is 2.02. The molecule has 0 bridgehead atoms. The van der Waals surface area contributed by atoms with Crippen LogP contribution < -0.4 is 11.1 Å². The maximum Gasteiger partial charge on any atom is 0.414 e. The van der Waals surface area contributed by atoms with E-state index in [1.807, 2.05) is 13.8 Å². The van der Waals surface area contributed by atoms with Crippen LogP contribution >= 0.6 is 11.6 Å². The van der Waals surface area contributed by atoms with Crippen molar-refractivity contribution in [3.8, 4) is 0 Å². The van der Waals surface area contributed by atoms with Crippen LogP contribution in [0.1, 0.15) is 59.4 Å². The lowest BCUT2D eigenvalue weighted by Gasteiger charge is -2.42. The summed E-state index contributed by atoms with van der Waals surface area (Å²) in [6.45, 7) is 9.63. The van der Waals surface area contributed by atoms with Gasteiger partial charge in [0, 0.05) is 18.2 Å². The number of nitrogens with two attached hydrogens (primary N) is 1. The number of guanidine groups is 1. The Hall–Kier alpha value is -2.32. The van der Waals surface area contributed by atoms with E-state index in [4.69, 9.17) is 31.8 Å². The molecule has 0 aromatic heterocycles. The maximum atomic E-state index is 13.4. The van der Waals surface area contributed by atoms with Crippen LogP contribution in [0.25, 0.3) is 0 Å². The average Bonchev–Trinajstić information content (AvgIpc) is 2.61. The molecule has 3 N–H and O–H groups in total. The molecule has 2 amide bonds. The predicted molar refractivity (Wildman–Crippen MR) is 120 cm³/mol. The van der Waals surface area contributed by atoms with Crippen LogP contribution in [-0.4, -0.2) is 47.2 Å². The van der Waals surface area contributed by atoms with Gasteiger partial charge in [-0.25, -0.2) is 9.79 Å². The number of nitrogens with one attached hydrogen (secondary N) is 1. The largest absolute Gasteiger partial charge is 0.444 e. The predicted octanol–water partition coefficient (Wildman–Crippen LogP) is 3.82. The lowest BCUT2D eigenvalue weighted by molar-refractivity contribution is -0.133. The van der Waals surface area contributed by atoms with Crippen LogP contribution in [0.3, 0.4) is 0 Å². The molecular formula is C22H31ClN4O4. The van der Waals surface area contributed by atoms with Crippen LogP contribution in [0.2, 0.25) is 5.02 Å². The fraction of sp³-hybridized carbons (Fsp3) is 0.591. The van der Waals surface area contributed by atoms with Crippen molar-refractivity contribution in [2.75, 3.05) is 12.3 Å². The number of ether oxygens (including phenoxy) is 2. The first-order valence-corrected chi connectivity index (χ1v) is 10.9. The van der Waals surface area contributed by atoms with Gasteiger partial charge in [0.15, 0.2) is 0 Å². The summed E-state index contributed by atoms with van der Waals surface area (Å²) in [5.74, 6) is 0.00624. The Morgan fingerprint density at radius 1 is 1.42 bits per heavy atom. The summed E-state index contributed by atoms with van der Waals surface area (Å²) < 4.78 is 11.0. The van der Waals surface area contributed by atoms with Crippen LogP contribution in [0.4, 0.5) is 10.5 Å². The monoisotopic (exact) mass is 450 g/mol. The maximum absolute atomic E-state index is 13.4. The molecule has 0 spiro atoms.